The number of ether oxygens (including phenoxy) is 1. The van der Waals surface area contributed by atoms with E-state index in [2.05, 4.69) is 28.3 Å². The summed E-state index contributed by atoms with van der Waals surface area (Å²) >= 11 is 1.47. The Hall–Kier alpha value is -1.59. The Labute approximate surface area is 117 Å². The van der Waals surface area contributed by atoms with Crippen LogP contribution in [0.5, 0.6) is 0 Å². The van der Waals surface area contributed by atoms with Crippen molar-refractivity contribution in [3.8, 4) is 11.1 Å². The molecule has 0 bridgehead atoms. The van der Waals surface area contributed by atoms with Gasteiger partial charge >= 0.3 is 0 Å². The summed E-state index contributed by atoms with van der Waals surface area (Å²) in [5.74, 6) is 0.616. The van der Waals surface area contributed by atoms with Gasteiger partial charge in [-0.15, -0.1) is 0 Å². The van der Waals surface area contributed by atoms with Crippen LogP contribution >= 0.6 is 11.5 Å². The average Bonchev–Trinajstić information content (AvgIpc) is 2.82. The van der Waals surface area contributed by atoms with E-state index in [0.29, 0.717) is 5.82 Å². The number of hydrogen-bond donors (Lipinski definition) is 1. The molecule has 1 aromatic heterocycles. The minimum Gasteiger partial charge on any atom is -0.382 e. The SMILES string of the molecule is CC1CN(c2snc(N)c2-c2ccccc2)CCO1. The van der Waals surface area contributed by atoms with Crippen molar-refractivity contribution in [2.75, 3.05) is 30.3 Å². The normalized spacial score (nSPS) is 19.6. The van der Waals surface area contributed by atoms with Gasteiger partial charge in [0.2, 0.25) is 0 Å². The number of nitrogens with zero attached hydrogens (tertiary/aromatic N) is 2. The van der Waals surface area contributed by atoms with Gasteiger partial charge in [0.05, 0.1) is 18.3 Å². The lowest BCUT2D eigenvalue weighted by atomic mass is 10.1. The van der Waals surface area contributed by atoms with E-state index in [9.17, 15) is 0 Å². The van der Waals surface area contributed by atoms with Gasteiger partial charge in [-0.3, -0.25) is 0 Å². The van der Waals surface area contributed by atoms with E-state index in [1.165, 1.54) is 11.5 Å². The van der Waals surface area contributed by atoms with E-state index in [-0.39, 0.29) is 6.10 Å². The monoisotopic (exact) mass is 275 g/mol. The van der Waals surface area contributed by atoms with Gasteiger partial charge in [0, 0.05) is 13.1 Å². The number of morpholine rings is 1. The third-order valence-electron chi connectivity index (χ3n) is 3.29. The first-order chi connectivity index (χ1) is 9.25. The molecule has 0 amide bonds. The molecule has 0 spiro atoms. The number of benzene rings is 1. The predicted octanol–water partition coefficient (Wildman–Crippen LogP) is 2.62. The lowest BCUT2D eigenvalue weighted by Crippen LogP contribution is -2.40. The van der Waals surface area contributed by atoms with E-state index in [1.54, 1.807) is 0 Å². The number of anilines is 2. The highest BCUT2D eigenvalue weighted by molar-refractivity contribution is 7.11. The Balaban J connectivity index is 1.99. The fraction of sp³-hybridized carbons (Fsp3) is 0.357. The van der Waals surface area contributed by atoms with Crippen LogP contribution in [0.2, 0.25) is 0 Å². The molecule has 1 unspecified atom stereocenters. The summed E-state index contributed by atoms with van der Waals surface area (Å²) in [6, 6.07) is 10.2. The zero-order chi connectivity index (χ0) is 13.2. The van der Waals surface area contributed by atoms with Crippen molar-refractivity contribution in [3.05, 3.63) is 30.3 Å². The molecule has 1 saturated heterocycles. The standard InChI is InChI=1S/C14H17N3OS/c1-10-9-17(7-8-18-10)14-12(13(15)16-19-14)11-5-3-2-4-6-11/h2-6,10H,7-9H2,1H3,(H2,15,16). The molecule has 2 aromatic rings. The van der Waals surface area contributed by atoms with E-state index in [1.807, 2.05) is 18.2 Å². The Bertz CT molecular complexity index is 555. The number of rotatable bonds is 2. The highest BCUT2D eigenvalue weighted by Gasteiger charge is 2.23. The van der Waals surface area contributed by atoms with Gasteiger partial charge in [-0.1, -0.05) is 30.3 Å². The fourth-order valence-electron chi connectivity index (χ4n) is 2.39. The third kappa shape index (κ3) is 2.43. The molecule has 0 radical (unpaired) electrons. The van der Waals surface area contributed by atoms with Crippen LogP contribution < -0.4 is 10.6 Å². The summed E-state index contributed by atoms with van der Waals surface area (Å²) in [6.07, 6.45) is 0.251. The fourth-order valence-corrected chi connectivity index (χ4v) is 3.26. The molecule has 1 atom stereocenters. The van der Waals surface area contributed by atoms with Crippen LogP contribution in [0, 0.1) is 0 Å². The van der Waals surface area contributed by atoms with Gasteiger partial charge in [0.15, 0.2) is 0 Å². The maximum absolute atomic E-state index is 6.06. The molecule has 3 rings (SSSR count). The average molecular weight is 275 g/mol. The quantitative estimate of drug-likeness (QED) is 0.915. The van der Waals surface area contributed by atoms with Gasteiger partial charge in [0.25, 0.3) is 0 Å². The largest absolute Gasteiger partial charge is 0.382 e. The van der Waals surface area contributed by atoms with E-state index < -0.39 is 0 Å². The van der Waals surface area contributed by atoms with Gasteiger partial charge in [-0.25, -0.2) is 0 Å². The van der Waals surface area contributed by atoms with Crippen molar-refractivity contribution in [3.63, 3.8) is 0 Å². The zero-order valence-corrected chi connectivity index (χ0v) is 11.7. The van der Waals surface area contributed by atoms with E-state index >= 15 is 0 Å². The van der Waals surface area contributed by atoms with Crippen LogP contribution in [-0.2, 0) is 4.74 Å². The van der Waals surface area contributed by atoms with E-state index in [0.717, 1.165) is 35.8 Å². The molecule has 1 aromatic carbocycles. The molecular weight excluding hydrogens is 258 g/mol. The molecule has 0 aliphatic carbocycles. The van der Waals surface area contributed by atoms with Crippen LogP contribution in [0.3, 0.4) is 0 Å². The van der Waals surface area contributed by atoms with Crippen molar-refractivity contribution in [2.45, 2.75) is 13.0 Å². The maximum Gasteiger partial charge on any atom is 0.147 e. The molecule has 1 aliphatic heterocycles. The lowest BCUT2D eigenvalue weighted by Gasteiger charge is -2.32. The minimum atomic E-state index is 0.251. The molecule has 19 heavy (non-hydrogen) atoms. The molecular formula is C14H17N3OS. The number of nitrogen functional groups attached to an aromatic ring is 1. The Kier molecular flexibility index (Phi) is 3.40. The summed E-state index contributed by atoms with van der Waals surface area (Å²) in [6.45, 7) is 4.64. The van der Waals surface area contributed by atoms with Crippen LogP contribution in [0.4, 0.5) is 10.8 Å². The highest BCUT2D eigenvalue weighted by Crippen LogP contribution is 2.39. The van der Waals surface area contributed by atoms with Gasteiger partial charge in [0.1, 0.15) is 10.8 Å². The second-order valence-electron chi connectivity index (χ2n) is 4.74. The van der Waals surface area contributed by atoms with Crippen molar-refractivity contribution >= 4 is 22.4 Å². The second kappa shape index (κ2) is 5.19. The van der Waals surface area contributed by atoms with Crippen LogP contribution in [0.1, 0.15) is 6.92 Å². The van der Waals surface area contributed by atoms with Crippen molar-refractivity contribution in [2.24, 2.45) is 0 Å². The smallest absolute Gasteiger partial charge is 0.147 e. The summed E-state index contributed by atoms with van der Waals surface area (Å²) < 4.78 is 9.92. The first-order valence-corrected chi connectivity index (χ1v) is 7.20. The Morgan fingerprint density at radius 1 is 1.37 bits per heavy atom. The third-order valence-corrected chi connectivity index (χ3v) is 4.21. The first kappa shape index (κ1) is 12.4. The molecule has 0 saturated carbocycles. The molecule has 2 N–H and O–H groups in total. The molecule has 1 fully saturated rings. The Morgan fingerprint density at radius 3 is 2.89 bits per heavy atom. The molecule has 100 valence electrons. The summed E-state index contributed by atoms with van der Waals surface area (Å²) in [5.41, 5.74) is 8.24. The van der Waals surface area contributed by atoms with Crippen LogP contribution in [-0.4, -0.2) is 30.2 Å². The van der Waals surface area contributed by atoms with E-state index in [4.69, 9.17) is 10.5 Å². The molecule has 2 heterocycles. The summed E-state index contributed by atoms with van der Waals surface area (Å²) in [5, 5.41) is 1.15. The second-order valence-corrected chi connectivity index (χ2v) is 5.49. The number of nitrogens with two attached hydrogens (primary N) is 1. The van der Waals surface area contributed by atoms with Crippen molar-refractivity contribution in [1.82, 2.24) is 4.37 Å². The Morgan fingerprint density at radius 2 is 2.16 bits per heavy atom. The summed E-state index contributed by atoms with van der Waals surface area (Å²) in [4.78, 5) is 2.32. The molecule has 5 heteroatoms. The highest BCUT2D eigenvalue weighted by atomic mass is 32.1. The molecule has 1 aliphatic rings. The molecule has 4 nitrogen and oxygen atoms in total. The first-order valence-electron chi connectivity index (χ1n) is 6.43. The zero-order valence-electron chi connectivity index (χ0n) is 10.9. The van der Waals surface area contributed by atoms with Gasteiger partial charge < -0.3 is 15.4 Å². The summed E-state index contributed by atoms with van der Waals surface area (Å²) in [7, 11) is 0. The minimum absolute atomic E-state index is 0.251. The van der Waals surface area contributed by atoms with Crippen LogP contribution in [0.25, 0.3) is 11.1 Å². The number of hydrogen-bond acceptors (Lipinski definition) is 5. The lowest BCUT2D eigenvalue weighted by molar-refractivity contribution is 0.0535. The van der Waals surface area contributed by atoms with Crippen molar-refractivity contribution < 1.29 is 4.74 Å². The predicted molar refractivity (Wildman–Crippen MR) is 79.6 cm³/mol. The van der Waals surface area contributed by atoms with Gasteiger partial charge in [-0.05, 0) is 24.0 Å². The number of aromatic nitrogens is 1. The van der Waals surface area contributed by atoms with Crippen LogP contribution in [0.15, 0.2) is 30.3 Å². The van der Waals surface area contributed by atoms with Gasteiger partial charge in [-0.2, -0.15) is 4.37 Å². The topological polar surface area (TPSA) is 51.4 Å². The maximum atomic E-state index is 6.06. The van der Waals surface area contributed by atoms with Crippen molar-refractivity contribution in [1.29, 1.82) is 0 Å².